The molecule has 0 N–H and O–H groups in total. The van der Waals surface area contributed by atoms with Gasteiger partial charge in [0.05, 0.1) is 12.6 Å². The smallest absolute Gasteiger partial charge is 0.373 e. The number of rotatable bonds is 4. The number of fused-ring (bicyclic) bond motifs is 1. The molecule has 0 atom stereocenters. The van der Waals surface area contributed by atoms with Gasteiger partial charge in [-0.15, -0.1) is 0 Å². The third kappa shape index (κ3) is 2.86. The second-order valence-electron chi connectivity index (χ2n) is 4.40. The molecular formula is C16H13NO4. The van der Waals surface area contributed by atoms with Gasteiger partial charge in [-0.3, -0.25) is 4.98 Å². The number of hydrogen-bond donors (Lipinski definition) is 0. The Balaban J connectivity index is 1.71. The molecule has 0 bridgehead atoms. The van der Waals surface area contributed by atoms with Crippen LogP contribution >= 0.6 is 0 Å². The molecule has 3 aromatic rings. The molecule has 0 spiro atoms. The van der Waals surface area contributed by atoms with Gasteiger partial charge in [-0.2, -0.15) is 0 Å². The lowest BCUT2D eigenvalue weighted by Gasteiger charge is -2.05. The minimum Gasteiger partial charge on any atom is -0.486 e. The molecule has 0 amide bonds. The topological polar surface area (TPSA) is 61.6 Å². The lowest BCUT2D eigenvalue weighted by atomic mass is 10.2. The number of methoxy groups -OCH3 is 1. The summed E-state index contributed by atoms with van der Waals surface area (Å²) in [6, 6.07) is 12.8. The van der Waals surface area contributed by atoms with Crippen molar-refractivity contribution in [2.75, 3.05) is 7.11 Å². The van der Waals surface area contributed by atoms with Gasteiger partial charge >= 0.3 is 5.97 Å². The van der Waals surface area contributed by atoms with Crippen molar-refractivity contribution in [2.24, 2.45) is 0 Å². The quantitative estimate of drug-likeness (QED) is 0.688. The predicted molar refractivity (Wildman–Crippen MR) is 76.1 cm³/mol. The molecule has 0 fully saturated rings. The molecule has 106 valence electrons. The maximum absolute atomic E-state index is 11.3. The van der Waals surface area contributed by atoms with E-state index in [1.165, 1.54) is 7.11 Å². The highest BCUT2D eigenvalue weighted by atomic mass is 16.5. The molecule has 0 aliphatic heterocycles. The van der Waals surface area contributed by atoms with E-state index >= 15 is 0 Å². The van der Waals surface area contributed by atoms with E-state index in [2.05, 4.69) is 9.72 Å². The van der Waals surface area contributed by atoms with Gasteiger partial charge in [-0.05, 0) is 36.4 Å². The first-order chi connectivity index (χ1) is 10.3. The highest BCUT2D eigenvalue weighted by Gasteiger charge is 2.11. The van der Waals surface area contributed by atoms with Crippen LogP contribution in [0.1, 0.15) is 16.3 Å². The second kappa shape index (κ2) is 5.66. The van der Waals surface area contributed by atoms with Crippen molar-refractivity contribution in [1.29, 1.82) is 0 Å². The van der Waals surface area contributed by atoms with E-state index in [1.54, 1.807) is 18.3 Å². The molecule has 0 aliphatic rings. The van der Waals surface area contributed by atoms with Gasteiger partial charge < -0.3 is 13.9 Å². The fraction of sp³-hybridized carbons (Fsp3) is 0.125. The Morgan fingerprint density at radius 3 is 3.00 bits per heavy atom. The summed E-state index contributed by atoms with van der Waals surface area (Å²) in [5.74, 6) is 0.935. The van der Waals surface area contributed by atoms with Crippen LogP contribution in [0, 0.1) is 0 Å². The van der Waals surface area contributed by atoms with Crippen LogP contribution in [0.25, 0.3) is 10.9 Å². The zero-order valence-corrected chi connectivity index (χ0v) is 11.4. The van der Waals surface area contributed by atoms with E-state index in [9.17, 15) is 4.79 Å². The lowest BCUT2D eigenvalue weighted by Crippen LogP contribution is -1.99. The Kier molecular flexibility index (Phi) is 3.55. The minimum absolute atomic E-state index is 0.166. The van der Waals surface area contributed by atoms with Gasteiger partial charge in [0.25, 0.3) is 0 Å². The zero-order valence-electron chi connectivity index (χ0n) is 11.4. The normalized spacial score (nSPS) is 10.5. The monoisotopic (exact) mass is 283 g/mol. The van der Waals surface area contributed by atoms with E-state index in [0.717, 1.165) is 10.9 Å². The molecule has 0 saturated carbocycles. The summed E-state index contributed by atoms with van der Waals surface area (Å²) in [7, 11) is 1.31. The number of esters is 1. The molecule has 5 nitrogen and oxygen atoms in total. The Labute approximate surface area is 121 Å². The van der Waals surface area contributed by atoms with E-state index in [0.29, 0.717) is 11.5 Å². The fourth-order valence-electron chi connectivity index (χ4n) is 1.96. The SMILES string of the molecule is COC(=O)c1ccc(COc2ccc3ncccc3c2)o1. The van der Waals surface area contributed by atoms with Crippen LogP contribution in [0.5, 0.6) is 5.75 Å². The highest BCUT2D eigenvalue weighted by molar-refractivity contribution is 5.86. The molecule has 0 saturated heterocycles. The first-order valence-corrected chi connectivity index (χ1v) is 6.41. The van der Waals surface area contributed by atoms with Crippen LogP contribution in [-0.2, 0) is 11.3 Å². The maximum atomic E-state index is 11.3. The van der Waals surface area contributed by atoms with E-state index < -0.39 is 5.97 Å². The molecule has 2 aromatic heterocycles. The molecule has 1 aromatic carbocycles. The second-order valence-corrected chi connectivity index (χ2v) is 4.40. The summed E-state index contributed by atoms with van der Waals surface area (Å²) in [5, 5.41) is 1.00. The molecule has 0 unspecified atom stereocenters. The number of carbonyl (C=O) groups is 1. The lowest BCUT2D eigenvalue weighted by molar-refractivity contribution is 0.0561. The van der Waals surface area contributed by atoms with Crippen molar-refractivity contribution in [1.82, 2.24) is 4.98 Å². The minimum atomic E-state index is -0.502. The first kappa shape index (κ1) is 13.2. The van der Waals surface area contributed by atoms with Gasteiger partial charge in [0.2, 0.25) is 5.76 Å². The Bertz CT molecular complexity index is 779. The molecule has 0 aliphatic carbocycles. The van der Waals surface area contributed by atoms with E-state index in [4.69, 9.17) is 9.15 Å². The van der Waals surface area contributed by atoms with Crippen molar-refractivity contribution < 1.29 is 18.7 Å². The van der Waals surface area contributed by atoms with Gasteiger partial charge in [0.15, 0.2) is 0 Å². The van der Waals surface area contributed by atoms with Crippen LogP contribution < -0.4 is 4.74 Å². The van der Waals surface area contributed by atoms with Gasteiger partial charge in [-0.25, -0.2) is 4.79 Å². The Morgan fingerprint density at radius 1 is 1.24 bits per heavy atom. The third-order valence-electron chi connectivity index (χ3n) is 3.00. The molecular weight excluding hydrogens is 270 g/mol. The van der Waals surface area contributed by atoms with Crippen LogP contribution in [0.4, 0.5) is 0 Å². The molecule has 5 heteroatoms. The fourth-order valence-corrected chi connectivity index (χ4v) is 1.96. The maximum Gasteiger partial charge on any atom is 0.373 e. The molecule has 2 heterocycles. The largest absolute Gasteiger partial charge is 0.486 e. The van der Waals surface area contributed by atoms with Gasteiger partial charge in [0, 0.05) is 11.6 Å². The van der Waals surface area contributed by atoms with Crippen molar-refractivity contribution in [2.45, 2.75) is 6.61 Å². The van der Waals surface area contributed by atoms with Crippen LogP contribution in [0.15, 0.2) is 53.1 Å². The van der Waals surface area contributed by atoms with Crippen molar-refractivity contribution >= 4 is 16.9 Å². The number of carbonyl (C=O) groups excluding carboxylic acids is 1. The summed E-state index contributed by atoms with van der Waals surface area (Å²) >= 11 is 0. The average Bonchev–Trinajstić information content (AvgIpc) is 3.01. The average molecular weight is 283 g/mol. The Morgan fingerprint density at radius 2 is 2.14 bits per heavy atom. The summed E-state index contributed by atoms with van der Waals surface area (Å²) in [5.41, 5.74) is 0.913. The number of hydrogen-bond acceptors (Lipinski definition) is 5. The number of pyridine rings is 1. The van der Waals surface area contributed by atoms with Crippen LogP contribution in [-0.4, -0.2) is 18.1 Å². The molecule has 3 rings (SSSR count). The van der Waals surface area contributed by atoms with Crippen molar-refractivity contribution in [3.8, 4) is 5.75 Å². The standard InChI is InChI=1S/C16H13NO4/c1-19-16(18)15-7-5-13(21-15)10-20-12-4-6-14-11(9-12)3-2-8-17-14/h2-9H,10H2,1H3. The summed E-state index contributed by atoms with van der Waals surface area (Å²) in [6.07, 6.45) is 1.75. The zero-order chi connectivity index (χ0) is 14.7. The number of nitrogens with zero attached hydrogens (tertiary/aromatic N) is 1. The number of benzene rings is 1. The number of ether oxygens (including phenoxy) is 2. The van der Waals surface area contributed by atoms with E-state index in [-0.39, 0.29) is 12.4 Å². The highest BCUT2D eigenvalue weighted by Crippen LogP contribution is 2.20. The third-order valence-corrected chi connectivity index (χ3v) is 3.00. The first-order valence-electron chi connectivity index (χ1n) is 6.41. The van der Waals surface area contributed by atoms with E-state index in [1.807, 2.05) is 30.3 Å². The van der Waals surface area contributed by atoms with Gasteiger partial charge in [0.1, 0.15) is 18.1 Å². The number of furan rings is 1. The number of aromatic nitrogens is 1. The van der Waals surface area contributed by atoms with Crippen LogP contribution in [0.3, 0.4) is 0 Å². The Hall–Kier alpha value is -2.82. The molecule has 21 heavy (non-hydrogen) atoms. The van der Waals surface area contributed by atoms with Crippen molar-refractivity contribution in [3.05, 3.63) is 60.2 Å². The predicted octanol–water partition coefficient (Wildman–Crippen LogP) is 3.19. The van der Waals surface area contributed by atoms with Gasteiger partial charge in [-0.1, -0.05) is 6.07 Å². The summed E-state index contributed by atoms with van der Waals surface area (Å²) in [6.45, 7) is 0.239. The summed E-state index contributed by atoms with van der Waals surface area (Å²) in [4.78, 5) is 15.5. The summed E-state index contributed by atoms with van der Waals surface area (Å²) < 4.78 is 15.6. The van der Waals surface area contributed by atoms with Crippen LogP contribution in [0.2, 0.25) is 0 Å². The van der Waals surface area contributed by atoms with Crippen molar-refractivity contribution in [3.63, 3.8) is 0 Å². The molecule has 0 radical (unpaired) electrons.